The van der Waals surface area contributed by atoms with Gasteiger partial charge in [0.15, 0.2) is 0 Å². The fourth-order valence-electron chi connectivity index (χ4n) is 2.12. The van der Waals surface area contributed by atoms with Gasteiger partial charge in [-0.05, 0) is 38.5 Å². The summed E-state index contributed by atoms with van der Waals surface area (Å²) in [5, 5.41) is 22.5. The molecule has 8 nitrogen and oxygen atoms in total. The van der Waals surface area contributed by atoms with Crippen LogP contribution in [0.2, 0.25) is 0 Å². The summed E-state index contributed by atoms with van der Waals surface area (Å²) >= 11 is 0. The zero-order valence-electron chi connectivity index (χ0n) is 13.5. The Bertz CT molecular complexity index is 677. The van der Waals surface area contributed by atoms with Crippen molar-refractivity contribution in [3.63, 3.8) is 0 Å². The third kappa shape index (κ3) is 4.09. The van der Waals surface area contributed by atoms with Crippen molar-refractivity contribution in [1.29, 1.82) is 0 Å². The number of aliphatic hydroxyl groups is 2. The normalized spacial score (nSPS) is 16.2. The van der Waals surface area contributed by atoms with E-state index in [9.17, 15) is 24.6 Å². The minimum absolute atomic E-state index is 0.0313. The number of benzene rings is 1. The second-order valence-corrected chi connectivity index (χ2v) is 6.38. The van der Waals surface area contributed by atoms with E-state index in [0.29, 0.717) is 0 Å². The molecule has 0 spiro atoms. The van der Waals surface area contributed by atoms with E-state index in [1.165, 1.54) is 18.2 Å². The van der Waals surface area contributed by atoms with E-state index in [4.69, 9.17) is 4.74 Å². The standard InChI is InChI=1S/C16H19NO7/c1-16(2,3)24-15(22)17-7-11(18)12(19)8-4-5-9-10(6-8)14(21)23-13(9)20/h4-6,11-12,18-19H,7H2,1-3H3,(H,17,22). The van der Waals surface area contributed by atoms with Crippen molar-refractivity contribution in [1.82, 2.24) is 5.32 Å². The van der Waals surface area contributed by atoms with Crippen molar-refractivity contribution in [2.24, 2.45) is 0 Å². The van der Waals surface area contributed by atoms with Crippen LogP contribution in [0.4, 0.5) is 4.79 Å². The molecule has 0 fully saturated rings. The molecule has 1 heterocycles. The molecule has 1 amide bonds. The van der Waals surface area contributed by atoms with Crippen LogP contribution in [0.25, 0.3) is 0 Å². The Morgan fingerprint density at radius 1 is 1.21 bits per heavy atom. The first kappa shape index (κ1) is 17.9. The molecular formula is C16H19NO7. The highest BCUT2D eigenvalue weighted by atomic mass is 16.6. The Hall–Kier alpha value is -2.45. The number of esters is 2. The molecular weight excluding hydrogens is 318 g/mol. The van der Waals surface area contributed by atoms with E-state index in [1.807, 2.05) is 0 Å². The van der Waals surface area contributed by atoms with Gasteiger partial charge < -0.3 is 25.0 Å². The summed E-state index contributed by atoms with van der Waals surface area (Å²) in [6.07, 6.45) is -3.42. The first-order valence-electron chi connectivity index (χ1n) is 7.32. The molecule has 8 heteroatoms. The quantitative estimate of drug-likeness (QED) is 0.551. The number of carbonyl (C=O) groups excluding carboxylic acids is 3. The van der Waals surface area contributed by atoms with E-state index in [1.54, 1.807) is 20.8 Å². The number of nitrogens with one attached hydrogen (secondary N) is 1. The molecule has 2 unspecified atom stereocenters. The third-order valence-electron chi connectivity index (χ3n) is 3.23. The molecule has 24 heavy (non-hydrogen) atoms. The van der Waals surface area contributed by atoms with Crippen molar-refractivity contribution >= 4 is 18.0 Å². The zero-order valence-corrected chi connectivity index (χ0v) is 13.5. The molecule has 1 aromatic carbocycles. The number of aliphatic hydroxyl groups excluding tert-OH is 2. The van der Waals surface area contributed by atoms with Gasteiger partial charge in [-0.15, -0.1) is 0 Å². The number of cyclic esters (lactones) is 2. The number of hydrogen-bond acceptors (Lipinski definition) is 7. The summed E-state index contributed by atoms with van der Waals surface area (Å²) in [5.74, 6) is -1.55. The number of amides is 1. The van der Waals surface area contributed by atoms with E-state index in [2.05, 4.69) is 10.1 Å². The topological polar surface area (TPSA) is 122 Å². The first-order chi connectivity index (χ1) is 11.1. The monoisotopic (exact) mass is 337 g/mol. The molecule has 130 valence electrons. The molecule has 1 aliphatic rings. The predicted molar refractivity (Wildman–Crippen MR) is 81.4 cm³/mol. The van der Waals surface area contributed by atoms with Gasteiger partial charge in [0.2, 0.25) is 0 Å². The molecule has 2 atom stereocenters. The largest absolute Gasteiger partial charge is 0.444 e. The highest BCUT2D eigenvalue weighted by molar-refractivity contribution is 6.14. The Morgan fingerprint density at radius 3 is 2.46 bits per heavy atom. The van der Waals surface area contributed by atoms with Crippen molar-refractivity contribution in [3.8, 4) is 0 Å². The van der Waals surface area contributed by atoms with Gasteiger partial charge in [0.25, 0.3) is 0 Å². The molecule has 1 aliphatic heterocycles. The molecule has 0 radical (unpaired) electrons. The lowest BCUT2D eigenvalue weighted by Gasteiger charge is -2.22. The van der Waals surface area contributed by atoms with Crippen LogP contribution < -0.4 is 5.32 Å². The van der Waals surface area contributed by atoms with E-state index in [-0.39, 0.29) is 23.2 Å². The summed E-state index contributed by atoms with van der Waals surface area (Å²) in [5.41, 5.74) is -0.319. The van der Waals surface area contributed by atoms with Crippen LogP contribution in [-0.4, -0.2) is 46.5 Å². The lowest BCUT2D eigenvalue weighted by atomic mass is 9.99. The second kappa shape index (κ2) is 6.58. The lowest BCUT2D eigenvalue weighted by Crippen LogP contribution is -2.38. The van der Waals surface area contributed by atoms with E-state index >= 15 is 0 Å². The van der Waals surface area contributed by atoms with Gasteiger partial charge in [-0.3, -0.25) is 0 Å². The number of hydrogen-bond donors (Lipinski definition) is 3. The third-order valence-corrected chi connectivity index (χ3v) is 3.23. The predicted octanol–water partition coefficient (Wildman–Crippen LogP) is 0.916. The molecule has 1 aromatic rings. The molecule has 0 aliphatic carbocycles. The minimum Gasteiger partial charge on any atom is -0.444 e. The smallest absolute Gasteiger partial charge is 0.407 e. The number of fused-ring (bicyclic) bond motifs is 1. The van der Waals surface area contributed by atoms with Crippen LogP contribution in [0.5, 0.6) is 0 Å². The van der Waals surface area contributed by atoms with Crippen molar-refractivity contribution in [2.75, 3.05) is 6.54 Å². The summed E-state index contributed by atoms with van der Waals surface area (Å²) in [6, 6.07) is 4.03. The molecule has 3 N–H and O–H groups in total. The summed E-state index contributed by atoms with van der Waals surface area (Å²) < 4.78 is 9.48. The first-order valence-corrected chi connectivity index (χ1v) is 7.32. The second-order valence-electron chi connectivity index (χ2n) is 6.38. The maximum absolute atomic E-state index is 11.5. The molecule has 0 saturated carbocycles. The van der Waals surface area contributed by atoms with Crippen LogP contribution >= 0.6 is 0 Å². The van der Waals surface area contributed by atoms with Gasteiger partial charge in [-0.1, -0.05) is 6.07 Å². The highest BCUT2D eigenvalue weighted by Gasteiger charge is 2.31. The number of carbonyl (C=O) groups is 3. The minimum atomic E-state index is -1.37. The van der Waals surface area contributed by atoms with Gasteiger partial charge >= 0.3 is 18.0 Å². The fraction of sp³-hybridized carbons (Fsp3) is 0.438. The van der Waals surface area contributed by atoms with Gasteiger partial charge in [0.05, 0.1) is 11.1 Å². The van der Waals surface area contributed by atoms with Crippen LogP contribution in [-0.2, 0) is 9.47 Å². The van der Waals surface area contributed by atoms with Crippen molar-refractivity contribution < 1.29 is 34.1 Å². The van der Waals surface area contributed by atoms with Crippen LogP contribution in [0.3, 0.4) is 0 Å². The SMILES string of the molecule is CC(C)(C)OC(=O)NCC(O)C(O)c1ccc2c(c1)C(=O)OC2=O. The Morgan fingerprint density at radius 2 is 1.83 bits per heavy atom. The molecule has 0 saturated heterocycles. The Balaban J connectivity index is 2.00. The van der Waals surface area contributed by atoms with E-state index < -0.39 is 35.8 Å². The average molecular weight is 337 g/mol. The van der Waals surface area contributed by atoms with Crippen molar-refractivity contribution in [2.45, 2.75) is 38.6 Å². The van der Waals surface area contributed by atoms with Gasteiger partial charge in [0, 0.05) is 6.54 Å². The maximum atomic E-state index is 11.5. The number of alkyl carbamates (subject to hydrolysis) is 1. The van der Waals surface area contributed by atoms with Crippen molar-refractivity contribution in [3.05, 3.63) is 34.9 Å². The van der Waals surface area contributed by atoms with Gasteiger partial charge in [-0.25, -0.2) is 14.4 Å². The molecule has 0 aromatic heterocycles. The number of rotatable bonds is 4. The fourth-order valence-corrected chi connectivity index (χ4v) is 2.12. The van der Waals surface area contributed by atoms with Crippen LogP contribution in [0, 0.1) is 0 Å². The maximum Gasteiger partial charge on any atom is 0.407 e. The summed E-state index contributed by atoms with van der Waals surface area (Å²) in [6.45, 7) is 4.84. The molecule has 0 bridgehead atoms. The van der Waals surface area contributed by atoms with E-state index in [0.717, 1.165) is 0 Å². The zero-order chi connectivity index (χ0) is 18.1. The van der Waals surface area contributed by atoms with Gasteiger partial charge in [0.1, 0.15) is 17.8 Å². The average Bonchev–Trinajstić information content (AvgIpc) is 2.76. The summed E-state index contributed by atoms with van der Waals surface area (Å²) in [4.78, 5) is 34.4. The van der Waals surface area contributed by atoms with Gasteiger partial charge in [-0.2, -0.15) is 0 Å². The van der Waals surface area contributed by atoms with Crippen LogP contribution in [0.1, 0.15) is 53.2 Å². The summed E-state index contributed by atoms with van der Waals surface area (Å²) in [7, 11) is 0. The highest BCUT2D eigenvalue weighted by Crippen LogP contribution is 2.25. The number of ether oxygens (including phenoxy) is 2. The molecule has 2 rings (SSSR count). The Labute approximate surface area is 138 Å². The Kier molecular flexibility index (Phi) is 4.91. The lowest BCUT2D eigenvalue weighted by molar-refractivity contribution is 0.0129. The van der Waals surface area contributed by atoms with Crippen LogP contribution in [0.15, 0.2) is 18.2 Å².